The number of rotatable bonds is 1. The van der Waals surface area contributed by atoms with Crippen LogP contribution in [0.3, 0.4) is 0 Å². The Morgan fingerprint density at radius 3 is 1.85 bits per heavy atom. The molecule has 1 heterocycles. The zero-order valence-electron chi connectivity index (χ0n) is 20.6. The fraction of sp³-hybridized carbons (Fsp3) is 0.600. The average molecular weight is 459 g/mol. The van der Waals surface area contributed by atoms with Gasteiger partial charge in [-0.15, -0.1) is 0 Å². The van der Waals surface area contributed by atoms with Crippen LogP contribution < -0.4 is 0 Å². The normalized spacial score (nSPS) is 23.8. The van der Waals surface area contributed by atoms with Crippen molar-refractivity contribution in [2.75, 3.05) is 0 Å². The molecule has 1 aliphatic carbocycles. The van der Waals surface area contributed by atoms with Crippen LogP contribution in [-0.4, -0.2) is 50.7 Å². The molecule has 0 atom stereocenters. The van der Waals surface area contributed by atoms with Crippen LogP contribution in [0.15, 0.2) is 24.3 Å². The molecule has 2 aliphatic rings. The highest BCUT2D eigenvalue weighted by molar-refractivity contribution is 6.20. The first-order valence-corrected chi connectivity index (χ1v) is 11.4. The highest BCUT2D eigenvalue weighted by atomic mass is 16.6. The van der Waals surface area contributed by atoms with Crippen molar-refractivity contribution >= 4 is 24.1 Å². The van der Waals surface area contributed by atoms with Gasteiger partial charge in [0, 0.05) is 0 Å². The summed E-state index contributed by atoms with van der Waals surface area (Å²) in [6.45, 7) is 12.0. The monoisotopic (exact) mass is 458 g/mol. The van der Waals surface area contributed by atoms with E-state index >= 15 is 0 Å². The number of hydrogen-bond acceptors (Lipinski definition) is 6. The molecule has 0 N–H and O–H groups in total. The largest absolute Gasteiger partial charge is 0.443 e. The fourth-order valence-electron chi connectivity index (χ4n) is 4.41. The SMILES string of the molecule is Cc1ccc(C2CCC3(CC2)C(=O)N(C(=O)OC(C)(C)C)C(=O)N3C(=O)OC(C)(C)C)cc1. The van der Waals surface area contributed by atoms with Crippen molar-refractivity contribution in [3.63, 3.8) is 0 Å². The minimum absolute atomic E-state index is 0.190. The first-order chi connectivity index (χ1) is 15.1. The Morgan fingerprint density at radius 2 is 1.36 bits per heavy atom. The highest BCUT2D eigenvalue weighted by Crippen LogP contribution is 2.46. The van der Waals surface area contributed by atoms with Crippen LogP contribution in [-0.2, 0) is 14.3 Å². The molecule has 1 saturated heterocycles. The van der Waals surface area contributed by atoms with E-state index in [1.54, 1.807) is 41.5 Å². The molecule has 2 fully saturated rings. The van der Waals surface area contributed by atoms with Gasteiger partial charge in [0.2, 0.25) is 0 Å². The van der Waals surface area contributed by atoms with Gasteiger partial charge in [0.05, 0.1) is 0 Å². The summed E-state index contributed by atoms with van der Waals surface area (Å²) in [5, 5.41) is 0. The van der Waals surface area contributed by atoms with E-state index < -0.39 is 40.9 Å². The molecular formula is C25H34N2O6. The Labute approximate surface area is 195 Å². The Balaban J connectivity index is 1.93. The van der Waals surface area contributed by atoms with Gasteiger partial charge in [0.25, 0.3) is 5.91 Å². The first-order valence-electron chi connectivity index (χ1n) is 11.4. The van der Waals surface area contributed by atoms with Gasteiger partial charge >= 0.3 is 18.2 Å². The second-order valence-electron chi connectivity index (χ2n) is 10.9. The summed E-state index contributed by atoms with van der Waals surface area (Å²) in [4.78, 5) is 54.0. The van der Waals surface area contributed by atoms with E-state index in [9.17, 15) is 19.2 Å². The Morgan fingerprint density at radius 1 is 0.879 bits per heavy atom. The van der Waals surface area contributed by atoms with Crippen molar-refractivity contribution < 1.29 is 28.7 Å². The topological polar surface area (TPSA) is 93.2 Å². The number of urea groups is 1. The van der Waals surface area contributed by atoms with Crippen LogP contribution in [0.5, 0.6) is 0 Å². The molecule has 0 bridgehead atoms. The van der Waals surface area contributed by atoms with Crippen molar-refractivity contribution in [3.8, 4) is 0 Å². The van der Waals surface area contributed by atoms with Crippen LogP contribution in [0.1, 0.15) is 84.3 Å². The number of nitrogens with zero attached hydrogens (tertiary/aromatic N) is 2. The van der Waals surface area contributed by atoms with Crippen LogP contribution in [0, 0.1) is 6.92 Å². The maximum Gasteiger partial charge on any atom is 0.425 e. The molecule has 0 radical (unpaired) electrons. The molecule has 1 spiro atoms. The zero-order valence-corrected chi connectivity index (χ0v) is 20.6. The number of benzene rings is 1. The summed E-state index contributed by atoms with van der Waals surface area (Å²) in [5.74, 6) is -0.537. The van der Waals surface area contributed by atoms with E-state index in [2.05, 4.69) is 12.1 Å². The Bertz CT molecular complexity index is 947. The molecule has 8 heteroatoms. The lowest BCUT2D eigenvalue weighted by Crippen LogP contribution is -2.55. The standard InChI is InChI=1S/C25H34N2O6/c1-16-8-10-17(11-9-16)18-12-14-25(15-13-18)19(28)26(21(30)32-23(2,3)4)20(29)27(25)22(31)33-24(5,6)7/h8-11,18H,12-15H2,1-7H3. The molecule has 3 rings (SSSR count). The molecule has 5 amide bonds. The number of carbonyl (C=O) groups is 4. The quantitative estimate of drug-likeness (QED) is 0.514. The molecular weight excluding hydrogens is 424 g/mol. The van der Waals surface area contributed by atoms with E-state index in [0.717, 1.165) is 16.0 Å². The molecule has 180 valence electrons. The third kappa shape index (κ3) is 5.04. The summed E-state index contributed by atoms with van der Waals surface area (Å²) in [6.07, 6.45) is -0.347. The minimum atomic E-state index is -1.46. The Hall–Kier alpha value is -2.90. The van der Waals surface area contributed by atoms with Gasteiger partial charge in [-0.1, -0.05) is 29.8 Å². The average Bonchev–Trinajstić information content (AvgIpc) is 2.87. The number of imide groups is 4. The predicted octanol–water partition coefficient (Wildman–Crippen LogP) is 5.53. The van der Waals surface area contributed by atoms with Crippen molar-refractivity contribution in [2.45, 2.75) is 96.8 Å². The van der Waals surface area contributed by atoms with Crippen molar-refractivity contribution in [3.05, 3.63) is 35.4 Å². The Kier molecular flexibility index (Phi) is 6.35. The van der Waals surface area contributed by atoms with Gasteiger partial charge in [-0.3, -0.25) is 4.79 Å². The van der Waals surface area contributed by atoms with Gasteiger partial charge < -0.3 is 9.47 Å². The van der Waals surface area contributed by atoms with Crippen molar-refractivity contribution in [1.82, 2.24) is 9.80 Å². The van der Waals surface area contributed by atoms with Crippen molar-refractivity contribution in [1.29, 1.82) is 0 Å². The third-order valence-electron chi connectivity index (χ3n) is 5.93. The second kappa shape index (κ2) is 8.47. The fourth-order valence-corrected chi connectivity index (χ4v) is 4.41. The van der Waals surface area contributed by atoms with Gasteiger partial charge in [0.15, 0.2) is 0 Å². The maximum absolute atomic E-state index is 13.5. The summed E-state index contributed by atoms with van der Waals surface area (Å²) in [6, 6.07) is 7.20. The molecule has 1 aliphatic heterocycles. The lowest BCUT2D eigenvalue weighted by Gasteiger charge is -2.40. The number of aryl methyl sites for hydroxylation is 1. The summed E-state index contributed by atoms with van der Waals surface area (Å²) in [5.41, 5.74) is -0.933. The number of carbonyl (C=O) groups excluding carboxylic acids is 4. The molecule has 0 unspecified atom stereocenters. The first kappa shape index (κ1) is 24.7. The highest BCUT2D eigenvalue weighted by Gasteiger charge is 2.64. The van der Waals surface area contributed by atoms with Gasteiger partial charge in [-0.05, 0) is 85.6 Å². The van der Waals surface area contributed by atoms with E-state index in [0.29, 0.717) is 17.7 Å². The predicted molar refractivity (Wildman–Crippen MR) is 122 cm³/mol. The number of ether oxygens (including phenoxy) is 2. The maximum atomic E-state index is 13.5. The summed E-state index contributed by atoms with van der Waals surface area (Å²) < 4.78 is 10.8. The van der Waals surface area contributed by atoms with Gasteiger partial charge in [0.1, 0.15) is 16.7 Å². The van der Waals surface area contributed by atoms with Crippen LogP contribution in [0.4, 0.5) is 14.4 Å². The van der Waals surface area contributed by atoms with Crippen LogP contribution >= 0.6 is 0 Å². The molecule has 1 saturated carbocycles. The number of amides is 5. The summed E-state index contributed by atoms with van der Waals surface area (Å²) >= 11 is 0. The van der Waals surface area contributed by atoms with Crippen LogP contribution in [0.25, 0.3) is 0 Å². The van der Waals surface area contributed by atoms with E-state index in [-0.39, 0.29) is 18.8 Å². The molecule has 8 nitrogen and oxygen atoms in total. The minimum Gasteiger partial charge on any atom is -0.443 e. The van der Waals surface area contributed by atoms with E-state index in [4.69, 9.17) is 9.47 Å². The van der Waals surface area contributed by atoms with Gasteiger partial charge in [-0.2, -0.15) is 4.90 Å². The van der Waals surface area contributed by atoms with E-state index in [1.165, 1.54) is 0 Å². The van der Waals surface area contributed by atoms with E-state index in [1.807, 2.05) is 19.1 Å². The smallest absolute Gasteiger partial charge is 0.425 e. The number of hydrogen-bond donors (Lipinski definition) is 0. The molecule has 1 aromatic rings. The molecule has 1 aromatic carbocycles. The third-order valence-corrected chi connectivity index (χ3v) is 5.93. The van der Waals surface area contributed by atoms with Gasteiger partial charge in [-0.25, -0.2) is 19.3 Å². The summed E-state index contributed by atoms with van der Waals surface area (Å²) in [7, 11) is 0. The lowest BCUT2D eigenvalue weighted by atomic mass is 9.73. The molecule has 33 heavy (non-hydrogen) atoms. The lowest BCUT2D eigenvalue weighted by molar-refractivity contribution is -0.134. The van der Waals surface area contributed by atoms with Crippen molar-refractivity contribution in [2.24, 2.45) is 0 Å². The van der Waals surface area contributed by atoms with Crippen LogP contribution in [0.2, 0.25) is 0 Å². The zero-order chi connectivity index (χ0) is 24.8. The second-order valence-corrected chi connectivity index (χ2v) is 10.9. The molecule has 0 aromatic heterocycles.